The van der Waals surface area contributed by atoms with Crippen molar-refractivity contribution < 1.29 is 14.6 Å². The molecule has 0 aliphatic heterocycles. The molecule has 2 rings (SSSR count). The van der Waals surface area contributed by atoms with E-state index in [0.29, 0.717) is 11.6 Å². The number of aliphatic hydroxyl groups is 1. The van der Waals surface area contributed by atoms with Crippen molar-refractivity contribution in [3.63, 3.8) is 0 Å². The number of nitrogens with one attached hydrogen (secondary N) is 1. The summed E-state index contributed by atoms with van der Waals surface area (Å²) in [7, 11) is 0. The smallest absolute Gasteiger partial charge is 0.338 e. The van der Waals surface area contributed by atoms with Gasteiger partial charge in [0.05, 0.1) is 11.7 Å². The van der Waals surface area contributed by atoms with Crippen molar-refractivity contribution in [2.24, 2.45) is 0 Å². The lowest BCUT2D eigenvalue weighted by Crippen LogP contribution is -2.34. The largest absolute Gasteiger partial charge is 0.456 e. The van der Waals surface area contributed by atoms with Gasteiger partial charge in [-0.1, -0.05) is 26.0 Å². The molecule has 1 saturated carbocycles. The normalized spacial score (nSPS) is 20.8. The highest BCUT2D eigenvalue weighted by atomic mass is 16.6. The Kier molecular flexibility index (Phi) is 8.43. The SMILES string of the molecule is CC.CC(C)(C)OC(=O)c1ccc(CNC2CCC(O)CC2)cc1. The van der Waals surface area contributed by atoms with Crippen molar-refractivity contribution >= 4 is 5.97 Å². The lowest BCUT2D eigenvalue weighted by Gasteiger charge is -2.26. The summed E-state index contributed by atoms with van der Waals surface area (Å²) in [5, 5.41) is 13.0. The number of esters is 1. The number of benzene rings is 1. The van der Waals surface area contributed by atoms with Crippen molar-refractivity contribution in [2.75, 3.05) is 0 Å². The van der Waals surface area contributed by atoms with Crippen LogP contribution in [-0.2, 0) is 11.3 Å². The molecule has 136 valence electrons. The summed E-state index contributed by atoms with van der Waals surface area (Å²) in [6.07, 6.45) is 3.70. The van der Waals surface area contributed by atoms with Crippen molar-refractivity contribution in [3.8, 4) is 0 Å². The van der Waals surface area contributed by atoms with Crippen LogP contribution in [0.5, 0.6) is 0 Å². The first kappa shape index (κ1) is 20.7. The van der Waals surface area contributed by atoms with Gasteiger partial charge in [-0.05, 0) is 64.2 Å². The molecular weight excluding hydrogens is 302 g/mol. The number of hydrogen-bond donors (Lipinski definition) is 2. The third-order valence-corrected chi connectivity index (χ3v) is 3.88. The highest BCUT2D eigenvalue weighted by molar-refractivity contribution is 5.89. The summed E-state index contributed by atoms with van der Waals surface area (Å²) in [6.45, 7) is 10.4. The van der Waals surface area contributed by atoms with Gasteiger partial charge >= 0.3 is 5.97 Å². The molecule has 24 heavy (non-hydrogen) atoms. The Morgan fingerprint density at radius 2 is 1.67 bits per heavy atom. The van der Waals surface area contributed by atoms with Crippen molar-refractivity contribution in [2.45, 2.75) is 84.6 Å². The Balaban J connectivity index is 0.00000139. The van der Waals surface area contributed by atoms with Gasteiger partial charge in [-0.25, -0.2) is 4.79 Å². The van der Waals surface area contributed by atoms with E-state index in [1.54, 1.807) is 0 Å². The van der Waals surface area contributed by atoms with Gasteiger partial charge in [-0.15, -0.1) is 0 Å². The number of carbonyl (C=O) groups is 1. The second-order valence-corrected chi connectivity index (χ2v) is 7.09. The van der Waals surface area contributed by atoms with Gasteiger partial charge in [0.25, 0.3) is 0 Å². The number of carbonyl (C=O) groups excluding carboxylic acids is 1. The molecule has 0 unspecified atom stereocenters. The number of rotatable bonds is 4. The zero-order valence-electron chi connectivity index (χ0n) is 15.8. The Bertz CT molecular complexity index is 483. The average molecular weight is 335 g/mol. The maximum atomic E-state index is 11.9. The summed E-state index contributed by atoms with van der Waals surface area (Å²) < 4.78 is 5.35. The second-order valence-electron chi connectivity index (χ2n) is 7.09. The summed E-state index contributed by atoms with van der Waals surface area (Å²) in [4.78, 5) is 11.9. The molecule has 4 heteroatoms. The van der Waals surface area contributed by atoms with E-state index in [0.717, 1.165) is 37.8 Å². The molecule has 1 aliphatic rings. The first-order chi connectivity index (χ1) is 11.3. The molecule has 1 aromatic carbocycles. The second kappa shape index (κ2) is 9.80. The molecule has 4 nitrogen and oxygen atoms in total. The van der Waals surface area contributed by atoms with Crippen molar-refractivity contribution in [1.29, 1.82) is 0 Å². The predicted octanol–water partition coefficient (Wildman–Crippen LogP) is 4.06. The van der Waals surface area contributed by atoms with E-state index in [-0.39, 0.29) is 12.1 Å². The van der Waals surface area contributed by atoms with Crippen LogP contribution in [0.4, 0.5) is 0 Å². The van der Waals surface area contributed by atoms with Crippen LogP contribution >= 0.6 is 0 Å². The molecule has 0 atom stereocenters. The molecule has 1 aliphatic carbocycles. The average Bonchev–Trinajstić information content (AvgIpc) is 2.55. The van der Waals surface area contributed by atoms with E-state index < -0.39 is 5.60 Å². The molecule has 0 amide bonds. The van der Waals surface area contributed by atoms with Crippen LogP contribution in [0.2, 0.25) is 0 Å². The molecule has 2 N–H and O–H groups in total. The highest BCUT2D eigenvalue weighted by Crippen LogP contribution is 2.19. The predicted molar refractivity (Wildman–Crippen MR) is 98.1 cm³/mol. The summed E-state index contributed by atoms with van der Waals surface area (Å²) in [5.74, 6) is -0.284. The van der Waals surface area contributed by atoms with Crippen LogP contribution in [0.15, 0.2) is 24.3 Å². The molecule has 0 spiro atoms. The first-order valence-electron chi connectivity index (χ1n) is 9.07. The molecule has 1 fully saturated rings. The van der Waals surface area contributed by atoms with Crippen molar-refractivity contribution in [1.82, 2.24) is 5.32 Å². The zero-order chi connectivity index (χ0) is 18.2. The summed E-state index contributed by atoms with van der Waals surface area (Å²) in [5.41, 5.74) is 1.26. The van der Waals surface area contributed by atoms with Crippen LogP contribution in [0.3, 0.4) is 0 Å². The Hall–Kier alpha value is -1.39. The lowest BCUT2D eigenvalue weighted by atomic mass is 9.93. The van der Waals surface area contributed by atoms with E-state index in [4.69, 9.17) is 4.74 Å². The van der Waals surface area contributed by atoms with E-state index >= 15 is 0 Å². The van der Waals surface area contributed by atoms with E-state index in [2.05, 4.69) is 5.32 Å². The molecule has 1 aromatic rings. The fourth-order valence-corrected chi connectivity index (χ4v) is 2.64. The number of aliphatic hydroxyl groups excluding tert-OH is 1. The maximum absolute atomic E-state index is 11.9. The fraction of sp³-hybridized carbons (Fsp3) is 0.650. The zero-order valence-corrected chi connectivity index (χ0v) is 15.8. The van der Waals surface area contributed by atoms with Gasteiger partial charge in [-0.2, -0.15) is 0 Å². The van der Waals surface area contributed by atoms with Crippen molar-refractivity contribution in [3.05, 3.63) is 35.4 Å². The topological polar surface area (TPSA) is 58.6 Å². The van der Waals surface area contributed by atoms with Crippen LogP contribution < -0.4 is 5.32 Å². The third kappa shape index (κ3) is 7.45. The molecule has 0 bridgehead atoms. The van der Waals surface area contributed by atoms with Crippen LogP contribution in [-0.4, -0.2) is 28.8 Å². The minimum atomic E-state index is -0.469. The van der Waals surface area contributed by atoms with E-state index in [9.17, 15) is 9.90 Å². The van der Waals surface area contributed by atoms with Crippen LogP contribution in [0, 0.1) is 0 Å². The van der Waals surface area contributed by atoms with Gasteiger partial charge < -0.3 is 15.2 Å². The van der Waals surface area contributed by atoms with Gasteiger partial charge in [0.15, 0.2) is 0 Å². The van der Waals surface area contributed by atoms with Gasteiger partial charge in [0.2, 0.25) is 0 Å². The van der Waals surface area contributed by atoms with Crippen LogP contribution in [0.1, 0.15) is 76.2 Å². The highest BCUT2D eigenvalue weighted by Gasteiger charge is 2.19. The fourth-order valence-electron chi connectivity index (χ4n) is 2.64. The Morgan fingerprint density at radius 3 is 2.17 bits per heavy atom. The molecule has 0 heterocycles. The standard InChI is InChI=1S/C18H27NO3.C2H6/c1-18(2,3)22-17(21)14-6-4-13(5-7-14)12-19-15-8-10-16(20)11-9-15;1-2/h4-7,15-16,19-20H,8-12H2,1-3H3;1-2H3. The number of ether oxygens (including phenoxy) is 1. The Labute approximate surface area is 146 Å². The van der Waals surface area contributed by atoms with Gasteiger partial charge in [0, 0.05) is 12.6 Å². The van der Waals surface area contributed by atoms with E-state index in [1.165, 1.54) is 0 Å². The lowest BCUT2D eigenvalue weighted by molar-refractivity contribution is 0.00695. The van der Waals surface area contributed by atoms with Gasteiger partial charge in [-0.3, -0.25) is 0 Å². The number of hydrogen-bond acceptors (Lipinski definition) is 4. The molecule has 0 saturated heterocycles. The van der Waals surface area contributed by atoms with E-state index in [1.807, 2.05) is 58.9 Å². The minimum absolute atomic E-state index is 0.119. The summed E-state index contributed by atoms with van der Waals surface area (Å²) >= 11 is 0. The van der Waals surface area contributed by atoms with Crippen LogP contribution in [0.25, 0.3) is 0 Å². The maximum Gasteiger partial charge on any atom is 0.338 e. The monoisotopic (exact) mass is 335 g/mol. The molecule has 0 radical (unpaired) electrons. The quantitative estimate of drug-likeness (QED) is 0.815. The van der Waals surface area contributed by atoms with Gasteiger partial charge in [0.1, 0.15) is 5.60 Å². The Morgan fingerprint density at radius 1 is 1.12 bits per heavy atom. The molecular formula is C20H33NO3. The molecule has 0 aromatic heterocycles. The summed E-state index contributed by atoms with van der Waals surface area (Å²) in [6, 6.07) is 8.04. The minimum Gasteiger partial charge on any atom is -0.456 e. The third-order valence-electron chi connectivity index (χ3n) is 3.88. The first-order valence-corrected chi connectivity index (χ1v) is 9.07.